The van der Waals surface area contributed by atoms with Crippen molar-refractivity contribution in [2.24, 2.45) is 0 Å². The first-order valence-electron chi connectivity index (χ1n) is 8.23. The van der Waals surface area contributed by atoms with Gasteiger partial charge in [0, 0.05) is 6.07 Å². The van der Waals surface area contributed by atoms with E-state index >= 15 is 0 Å². The summed E-state index contributed by atoms with van der Waals surface area (Å²) < 4.78 is 35.3. The van der Waals surface area contributed by atoms with E-state index in [4.69, 9.17) is 4.74 Å². The van der Waals surface area contributed by atoms with Crippen LogP contribution in [0.3, 0.4) is 0 Å². The number of ether oxygens (including phenoxy) is 1. The van der Waals surface area contributed by atoms with Crippen molar-refractivity contribution < 1.29 is 18.3 Å². The number of hydrogen-bond donors (Lipinski definition) is 1. The molecule has 0 bridgehead atoms. The molecule has 0 saturated carbocycles. The molecule has 0 fully saturated rings. The van der Waals surface area contributed by atoms with Crippen molar-refractivity contribution in [3.8, 4) is 10.9 Å². The van der Waals surface area contributed by atoms with E-state index in [-0.39, 0.29) is 5.82 Å². The Kier molecular flexibility index (Phi) is 4.52. The van der Waals surface area contributed by atoms with Crippen molar-refractivity contribution in [1.82, 2.24) is 14.8 Å². The Morgan fingerprint density at radius 1 is 1.18 bits per heavy atom. The minimum absolute atomic E-state index is 0.260. The molecule has 2 aromatic carbocycles. The second kappa shape index (κ2) is 7.01. The summed E-state index contributed by atoms with van der Waals surface area (Å²) in [5, 5.41) is 7.36. The zero-order chi connectivity index (χ0) is 19.8. The number of hydrogen-bond acceptors (Lipinski definition) is 5. The van der Waals surface area contributed by atoms with Crippen LogP contribution in [0.25, 0.3) is 15.3 Å². The Hall–Kier alpha value is -3.33. The average Bonchev–Trinajstić information content (AvgIpc) is 3.23. The molecule has 0 unspecified atom stereocenters. The third-order valence-corrected chi connectivity index (χ3v) is 5.02. The molecule has 0 atom stereocenters. The predicted octanol–water partition coefficient (Wildman–Crippen LogP) is 4.33. The van der Waals surface area contributed by atoms with E-state index in [0.717, 1.165) is 22.3 Å². The molecule has 0 aliphatic heterocycles. The highest BCUT2D eigenvalue weighted by Gasteiger charge is 2.20. The first-order valence-corrected chi connectivity index (χ1v) is 9.05. The summed E-state index contributed by atoms with van der Waals surface area (Å²) in [5.41, 5.74) is 0.703. The van der Waals surface area contributed by atoms with Gasteiger partial charge in [0.05, 0.1) is 23.0 Å². The van der Waals surface area contributed by atoms with Gasteiger partial charge in [-0.2, -0.15) is 9.78 Å². The van der Waals surface area contributed by atoms with Crippen LogP contribution in [0, 0.1) is 18.6 Å². The molecule has 4 aromatic rings. The third kappa shape index (κ3) is 3.20. The lowest BCUT2D eigenvalue weighted by Crippen LogP contribution is -2.18. The number of methoxy groups -OCH3 is 1. The van der Waals surface area contributed by atoms with E-state index in [9.17, 15) is 13.6 Å². The molecule has 6 nitrogen and oxygen atoms in total. The van der Waals surface area contributed by atoms with Gasteiger partial charge in [-0.05, 0) is 37.3 Å². The van der Waals surface area contributed by atoms with Crippen LogP contribution in [-0.2, 0) is 0 Å². The standard InChI is InChI=1S/C19H14F2N4O2S/c1-10-8-16(23-18(26)17-12(20)4-3-5-13(17)21)25(24-10)19-22-14-7-6-11(27-2)9-15(14)28-19/h3-9H,1-2H3,(H,23,26). The summed E-state index contributed by atoms with van der Waals surface area (Å²) in [7, 11) is 1.58. The molecule has 0 aliphatic carbocycles. The highest BCUT2D eigenvalue weighted by Crippen LogP contribution is 2.30. The molecule has 9 heteroatoms. The van der Waals surface area contributed by atoms with Gasteiger partial charge in [-0.1, -0.05) is 17.4 Å². The Bertz CT molecular complexity index is 1180. The lowest BCUT2D eigenvalue weighted by atomic mass is 10.2. The molecular weight excluding hydrogens is 386 g/mol. The van der Waals surface area contributed by atoms with Gasteiger partial charge in [-0.25, -0.2) is 13.8 Å². The fraction of sp³-hybridized carbons (Fsp3) is 0.105. The number of carbonyl (C=O) groups excluding carboxylic acids is 1. The summed E-state index contributed by atoms with van der Waals surface area (Å²) in [6.07, 6.45) is 0. The van der Waals surface area contributed by atoms with Crippen LogP contribution in [0.4, 0.5) is 14.6 Å². The van der Waals surface area contributed by atoms with Crippen molar-refractivity contribution in [1.29, 1.82) is 0 Å². The summed E-state index contributed by atoms with van der Waals surface area (Å²) in [5.74, 6) is -1.82. The number of thiazole rings is 1. The smallest absolute Gasteiger partial charge is 0.262 e. The fourth-order valence-corrected chi connectivity index (χ4v) is 3.70. The maximum absolute atomic E-state index is 13.9. The molecule has 2 heterocycles. The number of anilines is 1. The van der Waals surface area contributed by atoms with Gasteiger partial charge in [-0.3, -0.25) is 4.79 Å². The zero-order valence-electron chi connectivity index (χ0n) is 14.9. The number of nitrogens with zero attached hydrogens (tertiary/aromatic N) is 3. The first-order chi connectivity index (χ1) is 13.5. The number of aromatic nitrogens is 3. The van der Waals surface area contributed by atoms with Crippen molar-refractivity contribution in [2.75, 3.05) is 12.4 Å². The molecule has 0 radical (unpaired) electrons. The molecule has 2 aromatic heterocycles. The number of fused-ring (bicyclic) bond motifs is 1. The zero-order valence-corrected chi connectivity index (χ0v) is 15.7. The van der Waals surface area contributed by atoms with Crippen LogP contribution in [0.2, 0.25) is 0 Å². The van der Waals surface area contributed by atoms with Crippen molar-refractivity contribution in [3.05, 3.63) is 65.4 Å². The van der Waals surface area contributed by atoms with E-state index in [2.05, 4.69) is 15.4 Å². The van der Waals surface area contributed by atoms with Crippen LogP contribution in [0.15, 0.2) is 42.5 Å². The third-order valence-electron chi connectivity index (χ3n) is 4.03. The first kappa shape index (κ1) is 18.1. The maximum atomic E-state index is 13.9. The number of nitrogens with one attached hydrogen (secondary N) is 1. The van der Waals surface area contributed by atoms with Gasteiger partial charge in [0.1, 0.15) is 28.8 Å². The van der Waals surface area contributed by atoms with Gasteiger partial charge in [0.15, 0.2) is 0 Å². The van der Waals surface area contributed by atoms with Crippen LogP contribution < -0.4 is 10.1 Å². The molecule has 0 aliphatic rings. The number of halogens is 2. The topological polar surface area (TPSA) is 69.0 Å². The number of aryl methyl sites for hydroxylation is 1. The lowest BCUT2D eigenvalue weighted by Gasteiger charge is -2.08. The second-order valence-corrected chi connectivity index (χ2v) is 6.97. The largest absolute Gasteiger partial charge is 0.497 e. The molecule has 1 amide bonds. The van der Waals surface area contributed by atoms with Gasteiger partial charge in [-0.15, -0.1) is 0 Å². The highest BCUT2D eigenvalue weighted by atomic mass is 32.1. The van der Waals surface area contributed by atoms with Gasteiger partial charge in [0.2, 0.25) is 5.13 Å². The molecule has 142 valence electrons. The van der Waals surface area contributed by atoms with Crippen LogP contribution in [0.1, 0.15) is 16.1 Å². The molecule has 1 N–H and O–H groups in total. The van der Waals surface area contributed by atoms with Crippen LogP contribution in [0.5, 0.6) is 5.75 Å². The summed E-state index contributed by atoms with van der Waals surface area (Å²) in [4.78, 5) is 16.9. The predicted molar refractivity (Wildman–Crippen MR) is 102 cm³/mol. The van der Waals surface area contributed by atoms with Crippen LogP contribution in [-0.4, -0.2) is 27.8 Å². The SMILES string of the molecule is COc1ccc2nc(-n3nc(C)cc3NC(=O)c3c(F)cccc3F)sc2c1. The molecule has 0 saturated heterocycles. The van der Waals surface area contributed by atoms with Gasteiger partial charge >= 0.3 is 0 Å². The maximum Gasteiger partial charge on any atom is 0.262 e. The summed E-state index contributed by atoms with van der Waals surface area (Å²) in [6, 6.07) is 10.3. The normalized spacial score (nSPS) is 11.0. The van der Waals surface area contributed by atoms with Gasteiger partial charge < -0.3 is 10.1 Å². The van der Waals surface area contributed by atoms with Crippen molar-refractivity contribution in [3.63, 3.8) is 0 Å². The van der Waals surface area contributed by atoms with Gasteiger partial charge in [0.25, 0.3) is 5.91 Å². The van der Waals surface area contributed by atoms with E-state index < -0.39 is 23.1 Å². The number of carbonyl (C=O) groups is 1. The molecule has 4 rings (SSSR count). The Labute approximate surface area is 162 Å². The van der Waals surface area contributed by atoms with E-state index in [1.807, 2.05) is 12.1 Å². The lowest BCUT2D eigenvalue weighted by molar-refractivity contribution is 0.101. The number of amides is 1. The number of benzene rings is 2. The fourth-order valence-electron chi connectivity index (χ4n) is 2.74. The average molecular weight is 400 g/mol. The van der Waals surface area contributed by atoms with Crippen LogP contribution >= 0.6 is 11.3 Å². The van der Waals surface area contributed by atoms with E-state index in [1.54, 1.807) is 26.2 Å². The van der Waals surface area contributed by atoms with E-state index in [0.29, 0.717) is 16.6 Å². The Morgan fingerprint density at radius 2 is 1.93 bits per heavy atom. The minimum Gasteiger partial charge on any atom is -0.497 e. The number of rotatable bonds is 4. The van der Waals surface area contributed by atoms with E-state index in [1.165, 1.54) is 22.1 Å². The summed E-state index contributed by atoms with van der Waals surface area (Å²) >= 11 is 1.35. The molecule has 0 spiro atoms. The quantitative estimate of drug-likeness (QED) is 0.554. The highest BCUT2D eigenvalue weighted by molar-refractivity contribution is 7.20. The Balaban J connectivity index is 1.72. The summed E-state index contributed by atoms with van der Waals surface area (Å²) in [6.45, 7) is 1.74. The van der Waals surface area contributed by atoms with Crippen molar-refractivity contribution in [2.45, 2.75) is 6.92 Å². The second-order valence-electron chi connectivity index (χ2n) is 5.96. The van der Waals surface area contributed by atoms with Crippen molar-refractivity contribution >= 4 is 33.3 Å². The molecular formula is C19H14F2N4O2S. The Morgan fingerprint density at radius 3 is 2.64 bits per heavy atom. The molecule has 28 heavy (non-hydrogen) atoms. The minimum atomic E-state index is -0.938. The monoisotopic (exact) mass is 400 g/mol.